The van der Waals surface area contributed by atoms with Gasteiger partial charge in [0, 0.05) is 5.88 Å². The molecule has 0 bridgehead atoms. The van der Waals surface area contributed by atoms with Gasteiger partial charge >= 0.3 is 1.43 Å². The van der Waals surface area contributed by atoms with E-state index in [4.69, 9.17) is 16.7 Å². The molecule has 0 aromatic heterocycles. The Morgan fingerprint density at radius 1 is 1.50 bits per heavy atom. The summed E-state index contributed by atoms with van der Waals surface area (Å²) in [5.41, 5.74) is 0. The molecule has 0 radical (unpaired) electrons. The maximum atomic E-state index is 7.74. The molecule has 0 unspecified atom stereocenters. The third kappa shape index (κ3) is 87.4. The summed E-state index contributed by atoms with van der Waals surface area (Å²) in [6.07, 6.45) is 0. The van der Waals surface area contributed by atoms with E-state index >= 15 is 0 Å². The van der Waals surface area contributed by atoms with Gasteiger partial charge in [0.2, 0.25) is 0 Å². The molecule has 56 valence electrons. The number of hydrogen-bond acceptors (Lipinski definition) is 1. The van der Waals surface area contributed by atoms with Gasteiger partial charge in [0.25, 0.3) is 0 Å². The lowest BCUT2D eigenvalue weighted by atomic mass is 10.9. The average molecular weight is 165 g/mol. The van der Waals surface area contributed by atoms with Crippen molar-refractivity contribution in [2.24, 2.45) is 0 Å². The van der Waals surface area contributed by atoms with Crippen LogP contribution in [0.4, 0.5) is 0 Å². The Labute approximate surface area is 63.1 Å². The molecule has 0 amide bonds. The number of aliphatic hydroxyl groups excluding tert-OH is 1. The summed E-state index contributed by atoms with van der Waals surface area (Å²) in [5, 5.41) is 7.74. The Hall–Kier alpha value is 0.500. The van der Waals surface area contributed by atoms with Crippen molar-refractivity contribution in [1.29, 1.82) is 0 Å². The fraction of sp³-hybridized carbons (Fsp3) is 1.00. The van der Waals surface area contributed by atoms with Gasteiger partial charge in [0.15, 0.2) is 0 Å². The van der Waals surface area contributed by atoms with Crippen LogP contribution in [0.15, 0.2) is 0 Å². The minimum Gasteiger partial charge on any atom is -1.00 e. The highest BCUT2D eigenvalue weighted by Crippen LogP contribution is 1.63. The maximum absolute atomic E-state index is 7.74. The zero-order valence-corrected chi connectivity index (χ0v) is 6.63. The van der Waals surface area contributed by atoms with Gasteiger partial charge in [-0.05, 0) is 0 Å². The van der Waals surface area contributed by atoms with Gasteiger partial charge in [0.1, 0.15) is 0 Å². The molecule has 0 saturated heterocycles. The first-order chi connectivity index (χ1) is 2.91. The largest absolute Gasteiger partial charge is 1.00 e. The molecule has 0 aromatic rings. The lowest BCUT2D eigenvalue weighted by Gasteiger charge is -1.67. The standard InChI is InChI=1S/C2H5ClO.C2H6.ClH.H2O/c3-1-2-4;1-2;;/h4H,1-2H2;1-2H3;1H;1H2. The highest BCUT2D eigenvalue weighted by Gasteiger charge is 1.60. The lowest BCUT2D eigenvalue weighted by molar-refractivity contribution is -0.00000367. The molecule has 0 saturated carbocycles. The fourth-order valence-electron chi connectivity index (χ4n) is 0. The van der Waals surface area contributed by atoms with Gasteiger partial charge in [0.05, 0.1) is 6.61 Å². The van der Waals surface area contributed by atoms with E-state index in [-0.39, 0.29) is 25.9 Å². The molecule has 0 spiro atoms. The van der Waals surface area contributed by atoms with Gasteiger partial charge in [-0.25, -0.2) is 0 Å². The fourth-order valence-corrected chi connectivity index (χ4v) is 0. The average Bonchev–Trinajstić information content (AvgIpc) is 1.72. The third-order valence-electron chi connectivity index (χ3n) is 0.0845. The van der Waals surface area contributed by atoms with Crippen LogP contribution in [-0.4, -0.2) is 23.1 Å². The number of alkyl halides is 1. The summed E-state index contributed by atoms with van der Waals surface area (Å²) >= 11 is 4.94. The Bertz CT molecular complexity index is 18.5. The zero-order valence-electron chi connectivity index (χ0n) is 6.12. The molecule has 8 heavy (non-hydrogen) atoms. The molecule has 4 heteroatoms. The first-order valence-corrected chi connectivity index (χ1v) is 2.62. The first-order valence-electron chi connectivity index (χ1n) is 2.08. The zero-order chi connectivity index (χ0) is 5.41. The molecule has 3 N–H and O–H groups in total. The minimum atomic E-state index is 0. The summed E-state index contributed by atoms with van der Waals surface area (Å²) in [4.78, 5) is 0. The summed E-state index contributed by atoms with van der Waals surface area (Å²) in [6.45, 7) is 4.08. The SMILES string of the molecule is CC.O.OCCCl.[Cl-].[H+]. The second kappa shape index (κ2) is 50.7. The predicted octanol–water partition coefficient (Wildman–Crippen LogP) is -2.46. The van der Waals surface area contributed by atoms with Crippen LogP contribution in [0.1, 0.15) is 15.3 Å². The second-order valence-electron chi connectivity index (χ2n) is 0.413. The van der Waals surface area contributed by atoms with E-state index in [1.807, 2.05) is 13.8 Å². The predicted molar refractivity (Wildman–Crippen MR) is 33.9 cm³/mol. The molecule has 0 aromatic carbocycles. The number of rotatable bonds is 1. The van der Waals surface area contributed by atoms with E-state index in [2.05, 4.69) is 0 Å². The smallest absolute Gasteiger partial charge is 1.00 e. The Morgan fingerprint density at radius 3 is 1.62 bits per heavy atom. The topological polar surface area (TPSA) is 51.7 Å². The van der Waals surface area contributed by atoms with Crippen molar-refractivity contribution in [3.63, 3.8) is 0 Å². The van der Waals surface area contributed by atoms with Crippen molar-refractivity contribution >= 4 is 11.6 Å². The second-order valence-corrected chi connectivity index (χ2v) is 0.791. The van der Waals surface area contributed by atoms with Gasteiger partial charge < -0.3 is 23.0 Å². The lowest BCUT2D eigenvalue weighted by Crippen LogP contribution is -3.00. The Kier molecular flexibility index (Phi) is 150. The molecule has 0 fully saturated rings. The summed E-state index contributed by atoms with van der Waals surface area (Å²) in [6, 6.07) is 0. The molecule has 0 rings (SSSR count). The van der Waals surface area contributed by atoms with Crippen LogP contribution in [0, 0.1) is 0 Å². The summed E-state index contributed by atoms with van der Waals surface area (Å²) in [5.74, 6) is 0.347. The number of halogens is 2. The van der Waals surface area contributed by atoms with E-state index in [9.17, 15) is 0 Å². The van der Waals surface area contributed by atoms with Crippen LogP contribution >= 0.6 is 11.6 Å². The van der Waals surface area contributed by atoms with Crippen LogP contribution < -0.4 is 12.4 Å². The summed E-state index contributed by atoms with van der Waals surface area (Å²) < 4.78 is 0. The van der Waals surface area contributed by atoms with Crippen molar-refractivity contribution in [2.45, 2.75) is 13.8 Å². The van der Waals surface area contributed by atoms with Crippen LogP contribution in [0.5, 0.6) is 0 Å². The van der Waals surface area contributed by atoms with Crippen LogP contribution in [0.3, 0.4) is 0 Å². The molecular weight excluding hydrogens is 151 g/mol. The normalized spacial score (nSPS) is 4.50. The quantitative estimate of drug-likeness (QED) is 0.430. The van der Waals surface area contributed by atoms with Crippen LogP contribution in [0.2, 0.25) is 0 Å². The molecule has 0 heterocycles. The van der Waals surface area contributed by atoms with Crippen molar-refractivity contribution < 1.29 is 24.4 Å². The number of aliphatic hydroxyl groups is 1. The van der Waals surface area contributed by atoms with Crippen LogP contribution in [0.25, 0.3) is 0 Å². The van der Waals surface area contributed by atoms with E-state index in [1.54, 1.807) is 0 Å². The van der Waals surface area contributed by atoms with E-state index in [0.717, 1.165) is 0 Å². The first kappa shape index (κ1) is 23.6. The van der Waals surface area contributed by atoms with Gasteiger partial charge in [-0.3, -0.25) is 0 Å². The van der Waals surface area contributed by atoms with E-state index in [0.29, 0.717) is 5.88 Å². The minimum absolute atomic E-state index is 0. The van der Waals surface area contributed by atoms with E-state index in [1.165, 1.54) is 0 Å². The molecular formula is C4H14Cl2O2. The van der Waals surface area contributed by atoms with Gasteiger partial charge in [-0.2, -0.15) is 0 Å². The Balaban J connectivity index is -0.00000000990. The Morgan fingerprint density at radius 2 is 1.62 bits per heavy atom. The molecule has 0 aliphatic carbocycles. The van der Waals surface area contributed by atoms with E-state index < -0.39 is 0 Å². The monoisotopic (exact) mass is 164 g/mol. The molecule has 0 atom stereocenters. The van der Waals surface area contributed by atoms with Crippen molar-refractivity contribution in [1.82, 2.24) is 0 Å². The molecule has 0 aliphatic heterocycles. The van der Waals surface area contributed by atoms with Gasteiger partial charge in [-0.1, -0.05) is 13.8 Å². The maximum Gasteiger partial charge on any atom is 1.00 e. The van der Waals surface area contributed by atoms with Crippen molar-refractivity contribution in [2.75, 3.05) is 12.5 Å². The highest BCUT2D eigenvalue weighted by atomic mass is 35.5. The van der Waals surface area contributed by atoms with Crippen LogP contribution in [-0.2, 0) is 0 Å². The van der Waals surface area contributed by atoms with Crippen molar-refractivity contribution in [3.05, 3.63) is 0 Å². The summed E-state index contributed by atoms with van der Waals surface area (Å²) in [7, 11) is 0. The molecule has 2 nitrogen and oxygen atoms in total. The van der Waals surface area contributed by atoms with Gasteiger partial charge in [-0.15, -0.1) is 11.6 Å². The molecule has 0 aliphatic rings. The third-order valence-corrected chi connectivity index (χ3v) is 0.254. The van der Waals surface area contributed by atoms with Crippen molar-refractivity contribution in [3.8, 4) is 0 Å². The highest BCUT2D eigenvalue weighted by molar-refractivity contribution is 6.17. The number of hydrogen-bond donors (Lipinski definition) is 1.